The summed E-state index contributed by atoms with van der Waals surface area (Å²) in [6, 6.07) is 99.8. The zero-order valence-electron chi connectivity index (χ0n) is 38.3. The average molecular weight is 889 g/mol. The van der Waals surface area contributed by atoms with Gasteiger partial charge in [0, 0.05) is 33.5 Å². The minimum Gasteiger partial charge on any atom is -0.310 e. The first-order valence-corrected chi connectivity index (χ1v) is 24.4. The summed E-state index contributed by atoms with van der Waals surface area (Å²) in [4.78, 5) is 2.51. The smallest absolute Gasteiger partial charge is 0.0726 e. The highest BCUT2D eigenvalue weighted by Gasteiger charge is 2.52. The molecule has 0 bridgehead atoms. The van der Waals surface area contributed by atoms with Crippen LogP contribution in [0.1, 0.15) is 44.5 Å². The second-order valence-corrected chi connectivity index (χ2v) is 19.1. The molecule has 12 aromatic rings. The van der Waals surface area contributed by atoms with E-state index in [-0.39, 0.29) is 0 Å². The number of para-hydroxylation sites is 2. The Hall–Kier alpha value is -8.98. The molecular weight excluding hydrogens is 845 g/mol. The predicted molar refractivity (Wildman–Crippen MR) is 289 cm³/mol. The van der Waals surface area contributed by atoms with Crippen molar-refractivity contribution in [3.63, 3.8) is 0 Å². The molecule has 0 atom stereocenters. The number of hydrogen-bond acceptors (Lipinski definition) is 1. The van der Waals surface area contributed by atoms with E-state index in [0.717, 1.165) is 22.7 Å². The van der Waals surface area contributed by atoms with Crippen molar-refractivity contribution in [2.45, 2.75) is 10.8 Å². The molecule has 3 aliphatic rings. The number of fused-ring (bicyclic) bond motifs is 16. The summed E-state index contributed by atoms with van der Waals surface area (Å²) in [5, 5.41) is 2.50. The SMILES string of the molecule is c1ccc(C2(c3ccccc3)c3ccccc3-c3cc(N(c4cccc(-n5c6ccccc6c6ccccc65)c4)c4ccc5c(c4)C4(c6ccccc6-c6ccccc64)c4ccccc4-5)ccc32)cc1. The minimum absolute atomic E-state index is 0.479. The Kier molecular flexibility index (Phi) is 8.24. The molecule has 1 aromatic heterocycles. The number of nitrogens with zero attached hydrogens (tertiary/aromatic N) is 2. The van der Waals surface area contributed by atoms with Gasteiger partial charge in [0.1, 0.15) is 0 Å². The van der Waals surface area contributed by atoms with Crippen LogP contribution in [0.15, 0.2) is 267 Å². The Balaban J connectivity index is 1.00. The summed E-state index contributed by atoms with van der Waals surface area (Å²) in [5.41, 5.74) is 23.9. The normalized spacial score (nSPS) is 13.9. The summed E-state index contributed by atoms with van der Waals surface area (Å²) >= 11 is 0. The average Bonchev–Trinajstić information content (AvgIpc) is 4.13. The number of hydrogen-bond donors (Lipinski definition) is 0. The highest BCUT2D eigenvalue weighted by Crippen LogP contribution is 2.64. The molecule has 2 nitrogen and oxygen atoms in total. The van der Waals surface area contributed by atoms with E-state index in [1.807, 2.05) is 0 Å². The van der Waals surface area contributed by atoms with Crippen molar-refractivity contribution in [2.24, 2.45) is 0 Å². The molecular formula is C68H44N2. The van der Waals surface area contributed by atoms with Gasteiger partial charge in [0.05, 0.1) is 21.9 Å². The van der Waals surface area contributed by atoms with Gasteiger partial charge in [-0.05, 0) is 132 Å². The molecule has 0 fully saturated rings. The Morgan fingerprint density at radius 1 is 0.257 bits per heavy atom. The molecule has 2 heteroatoms. The Morgan fingerprint density at radius 2 is 0.671 bits per heavy atom. The molecule has 326 valence electrons. The van der Waals surface area contributed by atoms with Crippen molar-refractivity contribution >= 4 is 38.9 Å². The first kappa shape index (κ1) is 39.1. The first-order chi connectivity index (χ1) is 34.7. The van der Waals surface area contributed by atoms with Gasteiger partial charge < -0.3 is 9.47 Å². The van der Waals surface area contributed by atoms with E-state index in [0.29, 0.717) is 0 Å². The molecule has 0 aliphatic heterocycles. The van der Waals surface area contributed by atoms with Gasteiger partial charge in [-0.1, -0.05) is 212 Å². The molecule has 1 heterocycles. The second kappa shape index (κ2) is 14.8. The van der Waals surface area contributed by atoms with Crippen LogP contribution in [0.3, 0.4) is 0 Å². The van der Waals surface area contributed by atoms with E-state index in [1.54, 1.807) is 0 Å². The number of benzene rings is 11. The Bertz CT molecular complexity index is 3930. The number of aromatic nitrogens is 1. The lowest BCUT2D eigenvalue weighted by Gasteiger charge is -2.34. The second-order valence-electron chi connectivity index (χ2n) is 19.1. The van der Waals surface area contributed by atoms with Crippen molar-refractivity contribution in [1.29, 1.82) is 0 Å². The van der Waals surface area contributed by atoms with E-state index in [1.165, 1.54) is 99.7 Å². The van der Waals surface area contributed by atoms with Gasteiger partial charge in [-0.25, -0.2) is 0 Å². The van der Waals surface area contributed by atoms with Gasteiger partial charge in [-0.3, -0.25) is 0 Å². The summed E-state index contributed by atoms with van der Waals surface area (Å²) in [7, 11) is 0. The molecule has 0 saturated heterocycles. The summed E-state index contributed by atoms with van der Waals surface area (Å²) in [5.74, 6) is 0. The van der Waals surface area contributed by atoms with Crippen LogP contribution in [0.2, 0.25) is 0 Å². The van der Waals surface area contributed by atoms with Crippen molar-refractivity contribution in [1.82, 2.24) is 4.57 Å². The molecule has 0 N–H and O–H groups in total. The minimum atomic E-state index is -0.497. The fourth-order valence-electron chi connectivity index (χ4n) is 13.2. The summed E-state index contributed by atoms with van der Waals surface area (Å²) in [6.45, 7) is 0. The number of anilines is 3. The van der Waals surface area contributed by atoms with Crippen molar-refractivity contribution in [3.8, 4) is 39.1 Å². The molecule has 0 unspecified atom stereocenters. The zero-order chi connectivity index (χ0) is 46.0. The van der Waals surface area contributed by atoms with Gasteiger partial charge in [0.2, 0.25) is 0 Å². The van der Waals surface area contributed by atoms with E-state index in [9.17, 15) is 0 Å². The topological polar surface area (TPSA) is 8.17 Å². The lowest BCUT2D eigenvalue weighted by atomic mass is 9.68. The molecule has 11 aromatic carbocycles. The highest BCUT2D eigenvalue weighted by atomic mass is 15.1. The molecule has 0 amide bonds. The highest BCUT2D eigenvalue weighted by molar-refractivity contribution is 6.09. The van der Waals surface area contributed by atoms with Crippen molar-refractivity contribution in [2.75, 3.05) is 4.90 Å². The third kappa shape index (κ3) is 5.12. The van der Waals surface area contributed by atoms with Gasteiger partial charge in [0.15, 0.2) is 0 Å². The predicted octanol–water partition coefficient (Wildman–Crippen LogP) is 17.0. The van der Waals surface area contributed by atoms with E-state index in [4.69, 9.17) is 0 Å². The van der Waals surface area contributed by atoms with Crippen molar-refractivity contribution in [3.05, 3.63) is 311 Å². The van der Waals surface area contributed by atoms with Crippen LogP contribution >= 0.6 is 0 Å². The van der Waals surface area contributed by atoms with E-state index in [2.05, 4.69) is 276 Å². The third-order valence-electron chi connectivity index (χ3n) is 15.9. The maximum absolute atomic E-state index is 2.51. The van der Waals surface area contributed by atoms with Crippen LogP contribution in [-0.2, 0) is 10.8 Å². The van der Waals surface area contributed by atoms with Gasteiger partial charge in [0.25, 0.3) is 0 Å². The van der Waals surface area contributed by atoms with Crippen LogP contribution < -0.4 is 4.90 Å². The Labute approximate surface area is 407 Å². The van der Waals surface area contributed by atoms with Crippen LogP contribution in [0.25, 0.3) is 60.9 Å². The maximum Gasteiger partial charge on any atom is 0.0726 e. The third-order valence-corrected chi connectivity index (χ3v) is 15.9. The fourth-order valence-corrected chi connectivity index (χ4v) is 13.2. The first-order valence-electron chi connectivity index (χ1n) is 24.4. The zero-order valence-corrected chi connectivity index (χ0v) is 38.3. The number of rotatable bonds is 6. The summed E-state index contributed by atoms with van der Waals surface area (Å²) < 4.78 is 2.43. The molecule has 3 aliphatic carbocycles. The lowest BCUT2D eigenvalue weighted by Crippen LogP contribution is -2.28. The summed E-state index contributed by atoms with van der Waals surface area (Å²) in [6.07, 6.45) is 0. The molecule has 15 rings (SSSR count). The molecule has 0 radical (unpaired) electrons. The standard InChI is InChI=1S/C68H44N2/c1-3-20-45(21-4-1)67(46-22-5-2-6-23-46)59-32-13-10-29-54(59)58-43-49(39-41-63(58)67)69(47-24-19-25-48(42-47)70-65-36-17-11-30-56(65)57-31-12-18-37-66(57)70)50-38-40-55-53-28-9-16-35-62(53)68(64(55)44-50)60-33-14-7-26-51(60)52-27-8-15-34-61(52)68/h1-44H. The van der Waals surface area contributed by atoms with Crippen LogP contribution in [-0.4, -0.2) is 4.57 Å². The van der Waals surface area contributed by atoms with Gasteiger partial charge >= 0.3 is 0 Å². The van der Waals surface area contributed by atoms with E-state index >= 15 is 0 Å². The van der Waals surface area contributed by atoms with Gasteiger partial charge in [-0.15, -0.1) is 0 Å². The quantitative estimate of drug-likeness (QED) is 0.161. The van der Waals surface area contributed by atoms with E-state index < -0.39 is 10.8 Å². The van der Waals surface area contributed by atoms with Crippen LogP contribution in [0.4, 0.5) is 17.1 Å². The molecule has 70 heavy (non-hydrogen) atoms. The largest absolute Gasteiger partial charge is 0.310 e. The van der Waals surface area contributed by atoms with Crippen LogP contribution in [0, 0.1) is 0 Å². The molecule has 0 saturated carbocycles. The lowest BCUT2D eigenvalue weighted by molar-refractivity contribution is 0.768. The van der Waals surface area contributed by atoms with Gasteiger partial charge in [-0.2, -0.15) is 0 Å². The molecule has 1 spiro atoms. The fraction of sp³-hybridized carbons (Fsp3) is 0.0294. The monoisotopic (exact) mass is 888 g/mol. The Morgan fingerprint density at radius 3 is 1.24 bits per heavy atom. The van der Waals surface area contributed by atoms with Crippen molar-refractivity contribution < 1.29 is 0 Å². The maximum atomic E-state index is 2.51. The van der Waals surface area contributed by atoms with Crippen LogP contribution in [0.5, 0.6) is 0 Å².